The van der Waals surface area contributed by atoms with E-state index in [0.717, 1.165) is 57.8 Å². The van der Waals surface area contributed by atoms with E-state index in [1.165, 1.54) is 51.4 Å². The lowest BCUT2D eigenvalue weighted by atomic mass is 10.1. The van der Waals surface area contributed by atoms with Crippen LogP contribution in [0.2, 0.25) is 0 Å². The molecule has 0 amide bonds. The fraction of sp³-hybridized carbons (Fsp3) is 0.848. The van der Waals surface area contributed by atoms with Gasteiger partial charge in [-0.25, -0.2) is 4.57 Å². The van der Waals surface area contributed by atoms with Gasteiger partial charge >= 0.3 is 25.7 Å². The zero-order valence-corrected chi connectivity index (χ0v) is 28.9. The molecule has 0 aliphatic carbocycles. The molecule has 45 heavy (non-hydrogen) atoms. The van der Waals surface area contributed by atoms with Gasteiger partial charge in [-0.1, -0.05) is 116 Å². The van der Waals surface area contributed by atoms with Crippen LogP contribution in [0.1, 0.15) is 149 Å². The highest BCUT2D eigenvalue weighted by Gasteiger charge is 2.28. The van der Waals surface area contributed by atoms with Crippen molar-refractivity contribution >= 4 is 25.7 Å². The van der Waals surface area contributed by atoms with Crippen molar-refractivity contribution in [3.63, 3.8) is 0 Å². The van der Waals surface area contributed by atoms with E-state index in [4.69, 9.17) is 24.8 Å². The molecular formula is C33H62NO10P. The standard InChI is InChI=1S/C33H62NO10P/c1-3-5-7-9-11-13-15-17-19-21-23-25-32(36)44-29(27-42-45(39,40)43-28-30(34)33(37)38)26-41-31(35)24-22-20-18-16-14-12-10-8-6-4-2/h9,11,29-30H,3-8,10,12-28,34H2,1-2H3,(H,37,38)(H,39,40)/b11-9-/t29-,30+/m1/s1. The lowest BCUT2D eigenvalue weighted by molar-refractivity contribution is -0.161. The van der Waals surface area contributed by atoms with Crippen LogP contribution in [-0.4, -0.2) is 59.9 Å². The van der Waals surface area contributed by atoms with Gasteiger partial charge in [0.05, 0.1) is 13.2 Å². The number of allylic oxidation sites excluding steroid dienone is 2. The van der Waals surface area contributed by atoms with Crippen LogP contribution in [0, 0.1) is 0 Å². The summed E-state index contributed by atoms with van der Waals surface area (Å²) >= 11 is 0. The maximum atomic E-state index is 12.5. The largest absolute Gasteiger partial charge is 0.480 e. The Kier molecular flexibility index (Phi) is 28.4. The molecular weight excluding hydrogens is 601 g/mol. The molecule has 3 atom stereocenters. The summed E-state index contributed by atoms with van der Waals surface area (Å²) in [6, 6.07) is -1.52. The molecule has 4 N–H and O–H groups in total. The Balaban J connectivity index is 4.52. The van der Waals surface area contributed by atoms with Crippen molar-refractivity contribution in [3.8, 4) is 0 Å². The van der Waals surface area contributed by atoms with Gasteiger partial charge in [0.1, 0.15) is 12.6 Å². The molecule has 0 rings (SSSR count). The van der Waals surface area contributed by atoms with Crippen LogP contribution < -0.4 is 5.73 Å². The zero-order chi connectivity index (χ0) is 33.6. The van der Waals surface area contributed by atoms with Crippen molar-refractivity contribution in [1.82, 2.24) is 0 Å². The van der Waals surface area contributed by atoms with Crippen LogP contribution in [-0.2, 0) is 37.5 Å². The highest BCUT2D eigenvalue weighted by Crippen LogP contribution is 2.43. The summed E-state index contributed by atoms with van der Waals surface area (Å²) in [7, 11) is -4.70. The highest BCUT2D eigenvalue weighted by molar-refractivity contribution is 7.47. The van der Waals surface area contributed by atoms with Gasteiger partial charge in [0.15, 0.2) is 6.10 Å². The first-order chi connectivity index (χ1) is 21.6. The minimum atomic E-state index is -4.70. The molecule has 0 aliphatic rings. The van der Waals surface area contributed by atoms with Crippen LogP contribution in [0.3, 0.4) is 0 Å². The summed E-state index contributed by atoms with van der Waals surface area (Å²) in [5, 5.41) is 8.82. The molecule has 0 radical (unpaired) electrons. The molecule has 0 spiro atoms. The maximum Gasteiger partial charge on any atom is 0.472 e. The molecule has 0 aromatic carbocycles. The van der Waals surface area contributed by atoms with Gasteiger partial charge in [-0.3, -0.25) is 23.4 Å². The van der Waals surface area contributed by atoms with Crippen LogP contribution in [0.5, 0.6) is 0 Å². The van der Waals surface area contributed by atoms with Crippen molar-refractivity contribution < 1.29 is 47.5 Å². The Hall–Kier alpha value is -1.78. The fourth-order valence-electron chi connectivity index (χ4n) is 4.46. The second kappa shape index (κ2) is 29.6. The molecule has 11 nitrogen and oxygen atoms in total. The molecule has 0 saturated heterocycles. The van der Waals surface area contributed by atoms with Crippen LogP contribution >= 0.6 is 7.82 Å². The van der Waals surface area contributed by atoms with Gasteiger partial charge in [-0.05, 0) is 32.1 Å². The van der Waals surface area contributed by atoms with E-state index in [-0.39, 0.29) is 19.4 Å². The van der Waals surface area contributed by atoms with Crippen molar-refractivity contribution in [2.45, 2.75) is 161 Å². The van der Waals surface area contributed by atoms with Gasteiger partial charge in [-0.2, -0.15) is 0 Å². The van der Waals surface area contributed by atoms with Gasteiger partial charge in [-0.15, -0.1) is 0 Å². The Labute approximate surface area is 271 Å². The smallest absolute Gasteiger partial charge is 0.472 e. The van der Waals surface area contributed by atoms with E-state index >= 15 is 0 Å². The summed E-state index contributed by atoms with van der Waals surface area (Å²) in [6.07, 6.45) is 24.4. The molecule has 0 bridgehead atoms. The molecule has 264 valence electrons. The fourth-order valence-corrected chi connectivity index (χ4v) is 5.23. The number of carbonyl (C=O) groups is 3. The molecule has 0 saturated carbocycles. The third kappa shape index (κ3) is 29.4. The highest BCUT2D eigenvalue weighted by atomic mass is 31.2. The van der Waals surface area contributed by atoms with E-state index in [9.17, 15) is 23.8 Å². The number of carbonyl (C=O) groups excluding carboxylic acids is 2. The van der Waals surface area contributed by atoms with Crippen LogP contribution in [0.25, 0.3) is 0 Å². The van der Waals surface area contributed by atoms with E-state index in [1.54, 1.807) is 0 Å². The molecule has 0 aromatic rings. The number of hydrogen-bond acceptors (Lipinski definition) is 9. The Morgan fingerprint density at radius 3 is 1.69 bits per heavy atom. The molecule has 1 unspecified atom stereocenters. The maximum absolute atomic E-state index is 12.5. The van der Waals surface area contributed by atoms with E-state index < -0.39 is 51.1 Å². The number of phosphoric acid groups is 1. The average Bonchev–Trinajstić information content (AvgIpc) is 3.00. The van der Waals surface area contributed by atoms with E-state index in [0.29, 0.717) is 12.8 Å². The SMILES string of the molecule is CCCC/C=C\CCCCCCCC(=O)O[C@H](COC(=O)CCCCCCCCCCCC)COP(=O)(O)OC[C@H](N)C(=O)O. The molecule has 12 heteroatoms. The van der Waals surface area contributed by atoms with Crippen molar-refractivity contribution in [2.24, 2.45) is 5.73 Å². The number of carboxylic acids is 1. The number of nitrogens with two attached hydrogens (primary N) is 1. The van der Waals surface area contributed by atoms with Crippen molar-refractivity contribution in [1.29, 1.82) is 0 Å². The number of carboxylic acid groups (broad SMARTS) is 1. The van der Waals surface area contributed by atoms with Gasteiger partial charge < -0.3 is 25.2 Å². The van der Waals surface area contributed by atoms with Gasteiger partial charge in [0, 0.05) is 12.8 Å². The topological polar surface area (TPSA) is 172 Å². The summed E-state index contributed by atoms with van der Waals surface area (Å²) in [5.74, 6) is -2.39. The predicted molar refractivity (Wildman–Crippen MR) is 176 cm³/mol. The molecule has 0 aliphatic heterocycles. The van der Waals surface area contributed by atoms with Gasteiger partial charge in [0.2, 0.25) is 0 Å². The summed E-state index contributed by atoms with van der Waals surface area (Å²) in [5.41, 5.74) is 5.29. The first-order valence-corrected chi connectivity index (χ1v) is 18.7. The third-order valence-electron chi connectivity index (χ3n) is 7.26. The second-order valence-electron chi connectivity index (χ2n) is 11.7. The van der Waals surface area contributed by atoms with Gasteiger partial charge in [0.25, 0.3) is 0 Å². The van der Waals surface area contributed by atoms with E-state index in [2.05, 4.69) is 30.5 Å². The van der Waals surface area contributed by atoms with Crippen molar-refractivity contribution in [3.05, 3.63) is 12.2 Å². The lowest BCUT2D eigenvalue weighted by Crippen LogP contribution is -2.34. The number of ether oxygens (including phenoxy) is 2. The zero-order valence-electron chi connectivity index (χ0n) is 28.0. The number of rotatable bonds is 32. The molecule has 0 fully saturated rings. The predicted octanol–water partition coefficient (Wildman–Crippen LogP) is 7.78. The Bertz CT molecular complexity index is 838. The third-order valence-corrected chi connectivity index (χ3v) is 8.21. The van der Waals surface area contributed by atoms with Crippen molar-refractivity contribution in [2.75, 3.05) is 19.8 Å². The first kappa shape index (κ1) is 43.2. The monoisotopic (exact) mass is 663 g/mol. The van der Waals surface area contributed by atoms with E-state index in [1.807, 2.05) is 0 Å². The summed E-state index contributed by atoms with van der Waals surface area (Å²) < 4.78 is 32.4. The summed E-state index contributed by atoms with van der Waals surface area (Å²) in [4.78, 5) is 45.5. The van der Waals surface area contributed by atoms with Crippen LogP contribution in [0.15, 0.2) is 12.2 Å². The number of phosphoric ester groups is 1. The quantitative estimate of drug-likeness (QED) is 0.0278. The average molecular weight is 664 g/mol. The normalized spacial score (nSPS) is 14.2. The van der Waals surface area contributed by atoms with Crippen LogP contribution in [0.4, 0.5) is 0 Å². The number of hydrogen-bond donors (Lipinski definition) is 3. The number of esters is 2. The summed E-state index contributed by atoms with van der Waals surface area (Å²) in [6.45, 7) is 2.70. The Morgan fingerprint density at radius 2 is 1.13 bits per heavy atom. The Morgan fingerprint density at radius 1 is 0.667 bits per heavy atom. The number of unbranched alkanes of at least 4 members (excludes halogenated alkanes) is 16. The number of aliphatic carboxylic acids is 1. The first-order valence-electron chi connectivity index (χ1n) is 17.2. The lowest BCUT2D eigenvalue weighted by Gasteiger charge is -2.20. The molecule has 0 aromatic heterocycles. The molecule has 0 heterocycles. The minimum absolute atomic E-state index is 0.153. The second-order valence-corrected chi connectivity index (χ2v) is 13.1. The minimum Gasteiger partial charge on any atom is -0.480 e.